The van der Waals surface area contributed by atoms with Crippen LogP contribution in [-0.2, 0) is 9.59 Å². The van der Waals surface area contributed by atoms with Gasteiger partial charge in [-0.3, -0.25) is 19.6 Å². The molecule has 0 fully saturated rings. The van der Waals surface area contributed by atoms with Crippen LogP contribution in [0.3, 0.4) is 0 Å². The predicted octanol–water partition coefficient (Wildman–Crippen LogP) is 0.456. The SMILES string of the molecule is O=C(CCC(=O)Oc1cc(O)[nH]c1O)Oc1cc(O)[nH]c1O. The summed E-state index contributed by atoms with van der Waals surface area (Å²) in [6, 6.07) is 1.98. The Hall–Kier alpha value is -3.30. The minimum absolute atomic E-state index is 0.274. The van der Waals surface area contributed by atoms with Crippen LogP contribution in [0.2, 0.25) is 0 Å². The molecule has 0 spiro atoms. The minimum Gasteiger partial charge on any atom is -0.494 e. The van der Waals surface area contributed by atoms with Gasteiger partial charge < -0.3 is 29.9 Å². The number of aromatic amines is 2. The number of ether oxygens (including phenoxy) is 2. The van der Waals surface area contributed by atoms with Crippen LogP contribution in [0.15, 0.2) is 12.1 Å². The monoisotopic (exact) mass is 312 g/mol. The summed E-state index contributed by atoms with van der Waals surface area (Å²) in [6.07, 6.45) is -0.719. The molecule has 2 aromatic heterocycles. The zero-order valence-electron chi connectivity index (χ0n) is 11.0. The molecule has 2 rings (SSSR count). The number of H-pyrrole nitrogens is 2. The molecule has 0 unspecified atom stereocenters. The Kier molecular flexibility index (Phi) is 4.11. The molecular weight excluding hydrogens is 300 g/mol. The summed E-state index contributed by atoms with van der Waals surface area (Å²) in [6.45, 7) is 0. The fraction of sp³-hybridized carbons (Fsp3) is 0.167. The second-order valence-electron chi connectivity index (χ2n) is 4.18. The molecule has 118 valence electrons. The van der Waals surface area contributed by atoms with Crippen LogP contribution in [0.1, 0.15) is 12.8 Å². The molecule has 6 N–H and O–H groups in total. The van der Waals surface area contributed by atoms with Crippen molar-refractivity contribution in [2.45, 2.75) is 12.8 Å². The maximum absolute atomic E-state index is 11.5. The van der Waals surface area contributed by atoms with E-state index in [-0.39, 0.29) is 36.1 Å². The first-order valence-electron chi connectivity index (χ1n) is 5.98. The lowest BCUT2D eigenvalue weighted by atomic mass is 10.3. The summed E-state index contributed by atoms with van der Waals surface area (Å²) in [4.78, 5) is 27.2. The Balaban J connectivity index is 1.82. The van der Waals surface area contributed by atoms with E-state index in [0.717, 1.165) is 12.1 Å². The molecule has 0 saturated carbocycles. The minimum atomic E-state index is -0.840. The molecular formula is C12H12N2O8. The van der Waals surface area contributed by atoms with Crippen LogP contribution >= 0.6 is 0 Å². The summed E-state index contributed by atoms with van der Waals surface area (Å²) in [7, 11) is 0. The molecule has 0 aliphatic heterocycles. The van der Waals surface area contributed by atoms with Crippen molar-refractivity contribution in [2.24, 2.45) is 0 Å². The quantitative estimate of drug-likeness (QED) is 0.433. The summed E-state index contributed by atoms with van der Waals surface area (Å²) < 4.78 is 9.42. The van der Waals surface area contributed by atoms with Crippen molar-refractivity contribution in [1.29, 1.82) is 0 Å². The van der Waals surface area contributed by atoms with Gasteiger partial charge in [0.05, 0.1) is 12.8 Å². The maximum atomic E-state index is 11.5. The number of esters is 2. The molecule has 0 aliphatic carbocycles. The second kappa shape index (κ2) is 5.99. The van der Waals surface area contributed by atoms with Gasteiger partial charge >= 0.3 is 11.9 Å². The number of hydrogen-bond acceptors (Lipinski definition) is 8. The van der Waals surface area contributed by atoms with Gasteiger partial charge in [0, 0.05) is 12.1 Å². The summed E-state index contributed by atoms with van der Waals surface area (Å²) in [5.41, 5.74) is 0. The zero-order valence-corrected chi connectivity index (χ0v) is 11.0. The van der Waals surface area contributed by atoms with E-state index in [4.69, 9.17) is 19.7 Å². The van der Waals surface area contributed by atoms with Crippen molar-refractivity contribution in [2.75, 3.05) is 0 Å². The number of aromatic hydroxyl groups is 4. The maximum Gasteiger partial charge on any atom is 0.311 e. The summed E-state index contributed by atoms with van der Waals surface area (Å²) in [5.74, 6) is -4.06. The second-order valence-corrected chi connectivity index (χ2v) is 4.18. The van der Waals surface area contributed by atoms with E-state index in [9.17, 15) is 19.8 Å². The molecule has 22 heavy (non-hydrogen) atoms. The highest BCUT2D eigenvalue weighted by atomic mass is 16.6. The molecule has 0 bridgehead atoms. The van der Waals surface area contributed by atoms with E-state index < -0.39 is 23.7 Å². The van der Waals surface area contributed by atoms with Crippen LogP contribution < -0.4 is 9.47 Å². The van der Waals surface area contributed by atoms with Crippen molar-refractivity contribution in [3.8, 4) is 35.0 Å². The lowest BCUT2D eigenvalue weighted by Crippen LogP contribution is -2.13. The van der Waals surface area contributed by atoms with Gasteiger partial charge in [0.1, 0.15) is 0 Å². The highest BCUT2D eigenvalue weighted by molar-refractivity contribution is 5.80. The van der Waals surface area contributed by atoms with Gasteiger partial charge in [-0.25, -0.2) is 0 Å². The van der Waals surface area contributed by atoms with E-state index in [1.54, 1.807) is 0 Å². The van der Waals surface area contributed by atoms with E-state index in [2.05, 4.69) is 9.97 Å². The Morgan fingerprint density at radius 1 is 0.818 bits per heavy atom. The van der Waals surface area contributed by atoms with Gasteiger partial charge in [-0.15, -0.1) is 0 Å². The van der Waals surface area contributed by atoms with E-state index in [1.807, 2.05) is 0 Å². The van der Waals surface area contributed by atoms with Gasteiger partial charge in [0.2, 0.25) is 11.8 Å². The number of carbonyl (C=O) groups is 2. The molecule has 2 heterocycles. The molecule has 0 atom stereocenters. The average molecular weight is 312 g/mol. The molecule has 0 aliphatic rings. The Morgan fingerprint density at radius 3 is 1.45 bits per heavy atom. The van der Waals surface area contributed by atoms with Gasteiger partial charge in [0.15, 0.2) is 23.3 Å². The zero-order chi connectivity index (χ0) is 16.3. The molecule has 0 radical (unpaired) electrons. The molecule has 10 heteroatoms. The topological polar surface area (TPSA) is 165 Å². The van der Waals surface area contributed by atoms with Crippen LogP contribution in [0.25, 0.3) is 0 Å². The van der Waals surface area contributed by atoms with Gasteiger partial charge in [-0.2, -0.15) is 0 Å². The van der Waals surface area contributed by atoms with Crippen LogP contribution in [-0.4, -0.2) is 42.3 Å². The number of nitrogens with one attached hydrogen (secondary N) is 2. The van der Waals surface area contributed by atoms with Gasteiger partial charge in [0.25, 0.3) is 0 Å². The van der Waals surface area contributed by atoms with E-state index >= 15 is 0 Å². The molecule has 0 amide bonds. The highest BCUT2D eigenvalue weighted by Crippen LogP contribution is 2.31. The van der Waals surface area contributed by atoms with Gasteiger partial charge in [-0.05, 0) is 0 Å². The Labute approximate surface area is 122 Å². The van der Waals surface area contributed by atoms with Crippen molar-refractivity contribution in [3.63, 3.8) is 0 Å². The van der Waals surface area contributed by atoms with Crippen LogP contribution in [0.4, 0.5) is 0 Å². The number of aromatic nitrogens is 2. The highest BCUT2D eigenvalue weighted by Gasteiger charge is 2.17. The first-order chi connectivity index (χ1) is 10.3. The molecule has 0 aromatic carbocycles. The van der Waals surface area contributed by atoms with Crippen molar-refractivity contribution < 1.29 is 39.5 Å². The van der Waals surface area contributed by atoms with Crippen LogP contribution in [0, 0.1) is 0 Å². The smallest absolute Gasteiger partial charge is 0.311 e. The van der Waals surface area contributed by atoms with Crippen LogP contribution in [0.5, 0.6) is 35.0 Å². The normalized spacial score (nSPS) is 10.4. The third-order valence-electron chi connectivity index (χ3n) is 2.48. The summed E-state index contributed by atoms with van der Waals surface area (Å²) in [5, 5.41) is 36.5. The first-order valence-corrected chi connectivity index (χ1v) is 5.98. The van der Waals surface area contributed by atoms with E-state index in [1.165, 1.54) is 0 Å². The number of hydrogen-bond donors (Lipinski definition) is 6. The fourth-order valence-electron chi connectivity index (χ4n) is 1.53. The van der Waals surface area contributed by atoms with Gasteiger partial charge in [-0.1, -0.05) is 0 Å². The largest absolute Gasteiger partial charge is 0.494 e. The van der Waals surface area contributed by atoms with E-state index in [0.29, 0.717) is 0 Å². The summed E-state index contributed by atoms with van der Waals surface area (Å²) >= 11 is 0. The molecule has 2 aromatic rings. The third kappa shape index (κ3) is 3.62. The predicted molar refractivity (Wildman–Crippen MR) is 68.7 cm³/mol. The lowest BCUT2D eigenvalue weighted by Gasteiger charge is -2.03. The number of rotatable bonds is 5. The fourth-order valence-corrected chi connectivity index (χ4v) is 1.53. The van der Waals surface area contributed by atoms with Crippen molar-refractivity contribution in [1.82, 2.24) is 9.97 Å². The standard InChI is InChI=1S/C12H12N2O8/c15-7-3-5(11(19)13-7)21-9(17)1-2-10(18)22-6-4-8(16)14-12(6)20/h3-4,13-16,19-20H,1-2H2. The molecule has 10 nitrogen and oxygen atoms in total. The average Bonchev–Trinajstić information content (AvgIpc) is 2.89. The first kappa shape index (κ1) is 15.1. The van der Waals surface area contributed by atoms with Crippen molar-refractivity contribution >= 4 is 11.9 Å². The third-order valence-corrected chi connectivity index (χ3v) is 2.48. The van der Waals surface area contributed by atoms with Crippen molar-refractivity contribution in [3.05, 3.63) is 12.1 Å². The Morgan fingerprint density at radius 2 is 1.18 bits per heavy atom. The molecule has 0 saturated heterocycles. The number of carbonyl (C=O) groups excluding carboxylic acids is 2. The Bertz CT molecular complexity index is 642. The lowest BCUT2D eigenvalue weighted by molar-refractivity contribution is -0.140.